The molecule has 0 aromatic heterocycles. The Morgan fingerprint density at radius 3 is 2.16 bits per heavy atom. The number of rotatable bonds is 6. The SMILES string of the molecule is CCOC(=O)c1ccc(NC(=O)C2CCN(C(=O)c3ccc([N+](=O)[O-])cc3)CC2)cc1. The zero-order valence-electron chi connectivity index (χ0n) is 17.1. The fraction of sp³-hybridized carbons (Fsp3) is 0.318. The number of esters is 1. The van der Waals surface area contributed by atoms with E-state index in [4.69, 9.17) is 4.74 Å². The number of nitrogens with one attached hydrogen (secondary N) is 1. The third kappa shape index (κ3) is 5.44. The van der Waals surface area contributed by atoms with E-state index < -0.39 is 10.9 Å². The van der Waals surface area contributed by atoms with Gasteiger partial charge in [0.05, 0.1) is 17.1 Å². The molecule has 1 saturated heterocycles. The highest BCUT2D eigenvalue weighted by atomic mass is 16.6. The van der Waals surface area contributed by atoms with Gasteiger partial charge in [-0.05, 0) is 56.2 Å². The van der Waals surface area contributed by atoms with E-state index in [-0.39, 0.29) is 23.4 Å². The highest BCUT2D eigenvalue weighted by Gasteiger charge is 2.28. The first-order valence-electron chi connectivity index (χ1n) is 10.0. The van der Waals surface area contributed by atoms with Crippen molar-refractivity contribution in [3.05, 3.63) is 69.8 Å². The van der Waals surface area contributed by atoms with Crippen molar-refractivity contribution in [1.82, 2.24) is 4.90 Å². The van der Waals surface area contributed by atoms with E-state index in [2.05, 4.69) is 5.32 Å². The van der Waals surface area contributed by atoms with Gasteiger partial charge in [-0.3, -0.25) is 19.7 Å². The summed E-state index contributed by atoms with van der Waals surface area (Å²) in [6.45, 7) is 2.88. The maximum absolute atomic E-state index is 12.6. The van der Waals surface area contributed by atoms with Gasteiger partial charge in [0.1, 0.15) is 0 Å². The van der Waals surface area contributed by atoms with E-state index in [1.165, 1.54) is 24.3 Å². The number of carbonyl (C=O) groups excluding carboxylic acids is 3. The Bertz CT molecular complexity index is 964. The molecule has 0 radical (unpaired) electrons. The highest BCUT2D eigenvalue weighted by molar-refractivity contribution is 5.96. The summed E-state index contributed by atoms with van der Waals surface area (Å²) >= 11 is 0. The molecule has 31 heavy (non-hydrogen) atoms. The van der Waals surface area contributed by atoms with Crippen molar-refractivity contribution in [2.24, 2.45) is 5.92 Å². The van der Waals surface area contributed by atoms with E-state index in [0.717, 1.165) is 0 Å². The summed E-state index contributed by atoms with van der Waals surface area (Å²) < 4.78 is 4.93. The zero-order chi connectivity index (χ0) is 22.4. The maximum Gasteiger partial charge on any atom is 0.338 e. The van der Waals surface area contributed by atoms with E-state index in [1.54, 1.807) is 36.1 Å². The lowest BCUT2D eigenvalue weighted by atomic mass is 9.95. The van der Waals surface area contributed by atoms with Crippen LogP contribution in [-0.2, 0) is 9.53 Å². The number of nitro benzene ring substituents is 1. The van der Waals surface area contributed by atoms with Crippen LogP contribution in [-0.4, -0.2) is 47.3 Å². The van der Waals surface area contributed by atoms with E-state index in [0.29, 0.717) is 49.4 Å². The standard InChI is InChI=1S/C22H23N3O6/c1-2-31-22(28)17-3-7-18(8-4-17)23-20(26)15-11-13-24(14-12-15)21(27)16-5-9-19(10-6-16)25(29)30/h3-10,15H,2,11-14H2,1H3,(H,23,26). The van der Waals surface area contributed by atoms with Crippen LogP contribution in [0.1, 0.15) is 40.5 Å². The normalized spacial score (nSPS) is 14.0. The fourth-order valence-electron chi connectivity index (χ4n) is 3.40. The van der Waals surface area contributed by atoms with Crippen LogP contribution in [0.25, 0.3) is 0 Å². The summed E-state index contributed by atoms with van der Waals surface area (Å²) in [6.07, 6.45) is 1.04. The Morgan fingerprint density at radius 1 is 1.03 bits per heavy atom. The van der Waals surface area contributed by atoms with Crippen molar-refractivity contribution in [3.63, 3.8) is 0 Å². The minimum atomic E-state index is -0.511. The molecule has 1 heterocycles. The largest absolute Gasteiger partial charge is 0.462 e. The van der Waals surface area contributed by atoms with Crippen molar-refractivity contribution in [2.45, 2.75) is 19.8 Å². The van der Waals surface area contributed by atoms with Crippen molar-refractivity contribution >= 4 is 29.2 Å². The van der Waals surface area contributed by atoms with Gasteiger partial charge in [0, 0.05) is 42.4 Å². The van der Waals surface area contributed by atoms with Crippen LogP contribution in [0.2, 0.25) is 0 Å². The second-order valence-corrected chi connectivity index (χ2v) is 7.16. The van der Waals surface area contributed by atoms with Crippen LogP contribution in [0.5, 0.6) is 0 Å². The molecule has 0 spiro atoms. The smallest absolute Gasteiger partial charge is 0.338 e. The summed E-state index contributed by atoms with van der Waals surface area (Å²) in [6, 6.07) is 12.0. The van der Waals surface area contributed by atoms with Crippen LogP contribution in [0, 0.1) is 16.0 Å². The molecule has 0 saturated carbocycles. The molecule has 0 atom stereocenters. The van der Waals surface area contributed by atoms with Gasteiger partial charge in [-0.1, -0.05) is 0 Å². The minimum Gasteiger partial charge on any atom is -0.462 e. The number of hydrogen-bond acceptors (Lipinski definition) is 6. The first kappa shape index (κ1) is 21.9. The van der Waals surface area contributed by atoms with E-state index in [1.807, 2.05) is 0 Å². The van der Waals surface area contributed by atoms with Crippen molar-refractivity contribution in [1.29, 1.82) is 0 Å². The number of nitrogens with zero attached hydrogens (tertiary/aromatic N) is 2. The molecule has 2 aromatic carbocycles. The number of piperidine rings is 1. The maximum atomic E-state index is 12.6. The Hall–Kier alpha value is -3.75. The topological polar surface area (TPSA) is 119 Å². The third-order valence-corrected chi connectivity index (χ3v) is 5.14. The van der Waals surface area contributed by atoms with E-state index in [9.17, 15) is 24.5 Å². The first-order valence-corrected chi connectivity index (χ1v) is 10.0. The summed E-state index contributed by atoms with van der Waals surface area (Å²) in [5.74, 6) is -0.981. The predicted octanol–water partition coefficient (Wildman–Crippen LogP) is 3.26. The number of benzene rings is 2. The molecule has 1 N–H and O–H groups in total. The van der Waals surface area contributed by atoms with Crippen LogP contribution < -0.4 is 5.32 Å². The average Bonchev–Trinajstić information content (AvgIpc) is 2.79. The number of anilines is 1. The van der Waals surface area contributed by atoms with Crippen LogP contribution in [0.3, 0.4) is 0 Å². The molecule has 2 aromatic rings. The Kier molecular flexibility index (Phi) is 6.96. The molecule has 0 aliphatic carbocycles. The summed E-state index contributed by atoms with van der Waals surface area (Å²) in [4.78, 5) is 48.7. The van der Waals surface area contributed by atoms with Crippen molar-refractivity contribution in [2.75, 3.05) is 25.0 Å². The molecule has 0 unspecified atom stereocenters. The molecule has 9 nitrogen and oxygen atoms in total. The zero-order valence-corrected chi connectivity index (χ0v) is 17.1. The number of nitro groups is 1. The minimum absolute atomic E-state index is 0.0674. The van der Waals surface area contributed by atoms with Gasteiger partial charge in [0.15, 0.2) is 0 Å². The van der Waals surface area contributed by atoms with Crippen molar-refractivity contribution in [3.8, 4) is 0 Å². The second-order valence-electron chi connectivity index (χ2n) is 7.16. The Labute approximate surface area is 179 Å². The molecular weight excluding hydrogens is 402 g/mol. The summed E-state index contributed by atoms with van der Waals surface area (Å²) in [5.41, 5.74) is 1.32. The number of amides is 2. The third-order valence-electron chi connectivity index (χ3n) is 5.14. The van der Waals surface area contributed by atoms with E-state index >= 15 is 0 Å². The molecule has 3 rings (SSSR count). The van der Waals surface area contributed by atoms with Gasteiger partial charge in [0.2, 0.25) is 5.91 Å². The number of carbonyl (C=O) groups is 3. The predicted molar refractivity (Wildman–Crippen MR) is 113 cm³/mol. The number of hydrogen-bond donors (Lipinski definition) is 1. The molecule has 1 aliphatic rings. The number of non-ortho nitro benzene ring substituents is 1. The lowest BCUT2D eigenvalue weighted by Gasteiger charge is -2.31. The summed E-state index contributed by atoms with van der Waals surface area (Å²) in [7, 11) is 0. The molecule has 2 amide bonds. The lowest BCUT2D eigenvalue weighted by molar-refractivity contribution is -0.384. The Morgan fingerprint density at radius 2 is 1.61 bits per heavy atom. The van der Waals surface area contributed by atoms with Crippen LogP contribution in [0.4, 0.5) is 11.4 Å². The van der Waals surface area contributed by atoms with Gasteiger partial charge in [-0.2, -0.15) is 0 Å². The molecular formula is C22H23N3O6. The van der Waals surface area contributed by atoms with Crippen LogP contribution in [0.15, 0.2) is 48.5 Å². The van der Waals surface area contributed by atoms with Gasteiger partial charge < -0.3 is 15.0 Å². The quantitative estimate of drug-likeness (QED) is 0.431. The molecule has 9 heteroatoms. The fourth-order valence-corrected chi connectivity index (χ4v) is 3.40. The molecule has 1 aliphatic heterocycles. The van der Waals surface area contributed by atoms with Crippen molar-refractivity contribution < 1.29 is 24.0 Å². The van der Waals surface area contributed by atoms with Gasteiger partial charge in [-0.15, -0.1) is 0 Å². The first-order chi connectivity index (χ1) is 14.9. The second kappa shape index (κ2) is 9.84. The summed E-state index contributed by atoms with van der Waals surface area (Å²) in [5, 5.41) is 13.6. The molecule has 1 fully saturated rings. The number of ether oxygens (including phenoxy) is 1. The lowest BCUT2D eigenvalue weighted by Crippen LogP contribution is -2.41. The van der Waals surface area contributed by atoms with Gasteiger partial charge in [0.25, 0.3) is 11.6 Å². The van der Waals surface area contributed by atoms with Crippen LogP contribution >= 0.6 is 0 Å². The highest BCUT2D eigenvalue weighted by Crippen LogP contribution is 2.22. The Balaban J connectivity index is 1.52. The molecule has 162 valence electrons. The monoisotopic (exact) mass is 425 g/mol. The molecule has 0 bridgehead atoms. The van der Waals surface area contributed by atoms with Gasteiger partial charge >= 0.3 is 5.97 Å². The van der Waals surface area contributed by atoms with Gasteiger partial charge in [-0.25, -0.2) is 4.79 Å². The average molecular weight is 425 g/mol. The number of likely N-dealkylation sites (tertiary alicyclic amines) is 1.